The number of anilines is 1. The van der Waals surface area contributed by atoms with Crippen LogP contribution < -0.4 is 5.73 Å². The first-order valence-corrected chi connectivity index (χ1v) is 6.06. The maximum absolute atomic E-state index is 6.05. The van der Waals surface area contributed by atoms with E-state index in [9.17, 15) is 0 Å². The Labute approximate surface area is 103 Å². The van der Waals surface area contributed by atoms with Gasteiger partial charge in [-0.15, -0.1) is 0 Å². The summed E-state index contributed by atoms with van der Waals surface area (Å²) in [5, 5.41) is 1.50. The van der Waals surface area contributed by atoms with E-state index in [-0.39, 0.29) is 0 Å². The first-order valence-electron chi connectivity index (χ1n) is 4.70. The summed E-state index contributed by atoms with van der Waals surface area (Å²) in [4.78, 5) is 8.13. The Kier molecular flexibility index (Phi) is 3.64. The molecule has 0 amide bonds. The summed E-state index contributed by atoms with van der Waals surface area (Å²) in [6.07, 6.45) is 3.21. The molecule has 5 heteroatoms. The molecule has 0 atom stereocenters. The van der Waals surface area contributed by atoms with E-state index in [4.69, 9.17) is 17.3 Å². The predicted octanol–water partition coefficient (Wildman–Crippen LogP) is 3.00. The molecule has 1 heterocycles. The zero-order chi connectivity index (χ0) is 11.4. The fraction of sp³-hybridized carbons (Fsp3) is 0.0909. The maximum atomic E-state index is 6.05. The third-order valence-corrected chi connectivity index (χ3v) is 3.43. The minimum atomic E-state index is 0.458. The summed E-state index contributed by atoms with van der Waals surface area (Å²) in [5.41, 5.74) is 6.76. The van der Waals surface area contributed by atoms with Gasteiger partial charge < -0.3 is 5.73 Å². The van der Waals surface area contributed by atoms with E-state index in [0.29, 0.717) is 5.82 Å². The van der Waals surface area contributed by atoms with Crippen LogP contribution in [0.25, 0.3) is 0 Å². The van der Waals surface area contributed by atoms with E-state index in [1.54, 1.807) is 12.4 Å². The molecular formula is C11H10ClN3S. The summed E-state index contributed by atoms with van der Waals surface area (Å²) in [7, 11) is 0. The smallest absolute Gasteiger partial charge is 0.156 e. The summed E-state index contributed by atoms with van der Waals surface area (Å²) in [6.45, 7) is 0. The second-order valence-electron chi connectivity index (χ2n) is 3.13. The van der Waals surface area contributed by atoms with Gasteiger partial charge in [0.15, 0.2) is 5.82 Å². The monoisotopic (exact) mass is 251 g/mol. The van der Waals surface area contributed by atoms with Gasteiger partial charge >= 0.3 is 0 Å². The molecule has 0 spiro atoms. The van der Waals surface area contributed by atoms with Crippen molar-refractivity contribution in [3.63, 3.8) is 0 Å². The largest absolute Gasteiger partial charge is 0.381 e. The molecule has 3 nitrogen and oxygen atoms in total. The molecule has 0 aliphatic carbocycles. The van der Waals surface area contributed by atoms with Crippen molar-refractivity contribution in [2.45, 2.75) is 10.8 Å². The van der Waals surface area contributed by atoms with Crippen LogP contribution in [0, 0.1) is 0 Å². The van der Waals surface area contributed by atoms with Crippen molar-refractivity contribution < 1.29 is 0 Å². The number of nitrogen functional groups attached to an aromatic ring is 1. The van der Waals surface area contributed by atoms with E-state index < -0.39 is 0 Å². The summed E-state index contributed by atoms with van der Waals surface area (Å²) in [5.74, 6) is 1.20. The molecule has 2 N–H and O–H groups in total. The van der Waals surface area contributed by atoms with Crippen molar-refractivity contribution in [1.82, 2.24) is 9.97 Å². The van der Waals surface area contributed by atoms with Gasteiger partial charge in [-0.2, -0.15) is 0 Å². The SMILES string of the molecule is Nc1nccnc1SCc1ccccc1Cl. The van der Waals surface area contributed by atoms with Crippen molar-refractivity contribution >= 4 is 29.2 Å². The first kappa shape index (κ1) is 11.2. The van der Waals surface area contributed by atoms with Crippen LogP contribution in [0.4, 0.5) is 5.82 Å². The number of nitrogens with two attached hydrogens (primary N) is 1. The molecule has 0 saturated heterocycles. The second kappa shape index (κ2) is 5.18. The number of nitrogens with zero attached hydrogens (tertiary/aromatic N) is 2. The zero-order valence-electron chi connectivity index (χ0n) is 8.43. The average Bonchev–Trinajstić information content (AvgIpc) is 2.30. The zero-order valence-corrected chi connectivity index (χ0v) is 10.0. The van der Waals surface area contributed by atoms with Crippen LogP contribution >= 0.6 is 23.4 Å². The molecular weight excluding hydrogens is 242 g/mol. The minimum absolute atomic E-state index is 0.458. The average molecular weight is 252 g/mol. The molecule has 0 bridgehead atoms. The van der Waals surface area contributed by atoms with Gasteiger partial charge in [-0.25, -0.2) is 9.97 Å². The van der Waals surface area contributed by atoms with Gasteiger partial charge in [-0.05, 0) is 11.6 Å². The maximum Gasteiger partial charge on any atom is 0.156 e. The van der Waals surface area contributed by atoms with E-state index in [1.807, 2.05) is 24.3 Å². The molecule has 0 fully saturated rings. The van der Waals surface area contributed by atoms with Crippen LogP contribution in [0.15, 0.2) is 41.7 Å². The summed E-state index contributed by atoms with van der Waals surface area (Å²) < 4.78 is 0. The normalized spacial score (nSPS) is 10.3. The fourth-order valence-electron chi connectivity index (χ4n) is 1.21. The van der Waals surface area contributed by atoms with E-state index >= 15 is 0 Å². The number of aromatic nitrogens is 2. The van der Waals surface area contributed by atoms with Crippen molar-refractivity contribution in [1.29, 1.82) is 0 Å². The molecule has 0 unspecified atom stereocenters. The van der Waals surface area contributed by atoms with Gasteiger partial charge in [0.2, 0.25) is 0 Å². The highest BCUT2D eigenvalue weighted by Crippen LogP contribution is 2.27. The number of hydrogen-bond donors (Lipinski definition) is 1. The molecule has 2 aromatic rings. The lowest BCUT2D eigenvalue weighted by atomic mass is 10.2. The summed E-state index contributed by atoms with van der Waals surface area (Å²) in [6, 6.07) is 7.73. The van der Waals surface area contributed by atoms with Gasteiger partial charge in [0.1, 0.15) is 5.03 Å². The van der Waals surface area contributed by atoms with Gasteiger partial charge in [-0.3, -0.25) is 0 Å². The van der Waals surface area contributed by atoms with Gasteiger partial charge in [0, 0.05) is 23.2 Å². The molecule has 16 heavy (non-hydrogen) atoms. The highest BCUT2D eigenvalue weighted by atomic mass is 35.5. The van der Waals surface area contributed by atoms with Crippen molar-refractivity contribution in [2.75, 3.05) is 5.73 Å². The van der Waals surface area contributed by atoms with Gasteiger partial charge in [0.05, 0.1) is 0 Å². The highest BCUT2D eigenvalue weighted by Gasteiger charge is 2.04. The molecule has 0 aliphatic rings. The number of benzene rings is 1. The van der Waals surface area contributed by atoms with E-state index in [2.05, 4.69) is 9.97 Å². The second-order valence-corrected chi connectivity index (χ2v) is 4.50. The van der Waals surface area contributed by atoms with Crippen LogP contribution in [-0.2, 0) is 5.75 Å². The molecule has 2 rings (SSSR count). The lowest BCUT2D eigenvalue weighted by molar-refractivity contribution is 1.07. The summed E-state index contributed by atoms with van der Waals surface area (Å²) >= 11 is 7.58. The number of halogens is 1. The Hall–Kier alpha value is -1.26. The Morgan fingerprint density at radius 1 is 1.19 bits per heavy atom. The van der Waals surface area contributed by atoms with Crippen molar-refractivity contribution in [3.8, 4) is 0 Å². The van der Waals surface area contributed by atoms with Crippen LogP contribution in [0.3, 0.4) is 0 Å². The van der Waals surface area contributed by atoms with Gasteiger partial charge in [0.25, 0.3) is 0 Å². The quantitative estimate of drug-likeness (QED) is 0.852. The lowest BCUT2D eigenvalue weighted by Gasteiger charge is -2.04. The molecule has 1 aromatic carbocycles. The lowest BCUT2D eigenvalue weighted by Crippen LogP contribution is -1.95. The van der Waals surface area contributed by atoms with Crippen LogP contribution in [0.2, 0.25) is 5.02 Å². The minimum Gasteiger partial charge on any atom is -0.381 e. The number of thioether (sulfide) groups is 1. The van der Waals surface area contributed by atoms with Crippen LogP contribution in [0.1, 0.15) is 5.56 Å². The number of hydrogen-bond acceptors (Lipinski definition) is 4. The molecule has 82 valence electrons. The van der Waals surface area contributed by atoms with Crippen molar-refractivity contribution in [3.05, 3.63) is 47.2 Å². The highest BCUT2D eigenvalue weighted by molar-refractivity contribution is 7.98. The Bertz CT molecular complexity index is 445. The molecule has 0 radical (unpaired) electrons. The first-order chi connectivity index (χ1) is 7.77. The van der Waals surface area contributed by atoms with Crippen LogP contribution in [-0.4, -0.2) is 9.97 Å². The standard InChI is InChI=1S/C11H10ClN3S/c12-9-4-2-1-3-8(9)7-16-11-10(13)14-5-6-15-11/h1-6H,7H2,(H2,13,14). The van der Waals surface area contributed by atoms with E-state index in [0.717, 1.165) is 21.4 Å². The molecule has 0 saturated carbocycles. The Morgan fingerprint density at radius 3 is 2.69 bits per heavy atom. The Morgan fingerprint density at radius 2 is 1.94 bits per heavy atom. The molecule has 1 aromatic heterocycles. The van der Waals surface area contributed by atoms with E-state index in [1.165, 1.54) is 11.8 Å². The van der Waals surface area contributed by atoms with Crippen molar-refractivity contribution in [2.24, 2.45) is 0 Å². The third-order valence-electron chi connectivity index (χ3n) is 2.01. The van der Waals surface area contributed by atoms with Gasteiger partial charge in [-0.1, -0.05) is 41.6 Å². The molecule has 0 aliphatic heterocycles. The topological polar surface area (TPSA) is 51.8 Å². The number of rotatable bonds is 3. The predicted molar refractivity (Wildman–Crippen MR) is 67.5 cm³/mol. The van der Waals surface area contributed by atoms with Crippen LogP contribution in [0.5, 0.6) is 0 Å². The third kappa shape index (κ3) is 2.65. The Balaban J connectivity index is 2.09. The fourth-order valence-corrected chi connectivity index (χ4v) is 2.37.